The van der Waals surface area contributed by atoms with E-state index in [2.05, 4.69) is 34.9 Å². The molecule has 0 bridgehead atoms. The summed E-state index contributed by atoms with van der Waals surface area (Å²) in [5, 5.41) is 3.99. The van der Waals surface area contributed by atoms with E-state index >= 15 is 0 Å². The summed E-state index contributed by atoms with van der Waals surface area (Å²) in [5.74, 6) is 1.77. The zero-order chi connectivity index (χ0) is 14.5. The Balaban J connectivity index is 2.44. The van der Waals surface area contributed by atoms with Crippen molar-refractivity contribution in [3.05, 3.63) is 34.5 Å². The molecule has 108 valence electrons. The Hall–Kier alpha value is -1.29. The van der Waals surface area contributed by atoms with Crippen LogP contribution >= 0.6 is 15.9 Å². The predicted molar refractivity (Wildman–Crippen MR) is 86.6 cm³/mol. The molecule has 3 nitrogen and oxygen atoms in total. The number of aromatic nitrogens is 1. The number of rotatable bonds is 6. The van der Waals surface area contributed by atoms with E-state index in [1.54, 1.807) is 0 Å². The van der Waals surface area contributed by atoms with Gasteiger partial charge < -0.3 is 10.3 Å². The number of nitrogens with two attached hydrogens (primary N) is 1. The van der Waals surface area contributed by atoms with Crippen LogP contribution in [0.3, 0.4) is 0 Å². The lowest BCUT2D eigenvalue weighted by Crippen LogP contribution is -1.99. The molecule has 1 unspecified atom stereocenters. The van der Waals surface area contributed by atoms with Gasteiger partial charge in [-0.3, -0.25) is 0 Å². The van der Waals surface area contributed by atoms with E-state index in [1.165, 1.54) is 12.8 Å². The minimum absolute atomic E-state index is 0.377. The molecule has 0 saturated heterocycles. The molecule has 0 aliphatic heterocycles. The van der Waals surface area contributed by atoms with E-state index in [0.29, 0.717) is 11.7 Å². The molecule has 1 heterocycles. The molecule has 0 aliphatic rings. The molecular formula is C16H21BrN2O. The third kappa shape index (κ3) is 3.06. The molecule has 1 atom stereocenters. The maximum atomic E-state index is 6.04. The molecular weight excluding hydrogens is 316 g/mol. The summed E-state index contributed by atoms with van der Waals surface area (Å²) in [6.45, 7) is 4.39. The molecule has 1 aromatic heterocycles. The highest BCUT2D eigenvalue weighted by Gasteiger charge is 2.23. The molecule has 0 aliphatic carbocycles. The number of hydrogen-bond donors (Lipinski definition) is 1. The Morgan fingerprint density at radius 1 is 1.30 bits per heavy atom. The van der Waals surface area contributed by atoms with Crippen molar-refractivity contribution in [2.24, 2.45) is 0 Å². The smallest absolute Gasteiger partial charge is 0.175 e. The molecule has 2 aromatic rings. The fourth-order valence-electron chi connectivity index (χ4n) is 2.50. The third-order valence-electron chi connectivity index (χ3n) is 3.66. The minimum atomic E-state index is 0.377. The van der Waals surface area contributed by atoms with Gasteiger partial charge in [-0.2, -0.15) is 0 Å². The van der Waals surface area contributed by atoms with Crippen LogP contribution < -0.4 is 5.73 Å². The van der Waals surface area contributed by atoms with Gasteiger partial charge in [0, 0.05) is 16.0 Å². The van der Waals surface area contributed by atoms with Gasteiger partial charge in [0.1, 0.15) is 5.76 Å². The first-order chi connectivity index (χ1) is 9.69. The Labute approximate surface area is 128 Å². The predicted octanol–water partition coefficient (Wildman–Crippen LogP) is 5.37. The summed E-state index contributed by atoms with van der Waals surface area (Å²) in [6, 6.07) is 8.05. The Bertz CT molecular complexity index is 565. The van der Waals surface area contributed by atoms with Crippen molar-refractivity contribution < 1.29 is 4.52 Å². The summed E-state index contributed by atoms with van der Waals surface area (Å²) < 4.78 is 6.57. The molecule has 2 rings (SSSR count). The van der Waals surface area contributed by atoms with Crippen LogP contribution in [0.15, 0.2) is 33.3 Å². The van der Waals surface area contributed by atoms with Crippen molar-refractivity contribution in [1.82, 2.24) is 5.16 Å². The number of halogens is 1. The first-order valence-electron chi connectivity index (χ1n) is 7.18. The lowest BCUT2D eigenvalue weighted by atomic mass is 9.91. The fraction of sp³-hybridized carbons (Fsp3) is 0.438. The second-order valence-electron chi connectivity index (χ2n) is 5.03. The molecule has 2 N–H and O–H groups in total. The molecule has 1 aromatic carbocycles. The van der Waals surface area contributed by atoms with Gasteiger partial charge in [0.15, 0.2) is 5.82 Å². The van der Waals surface area contributed by atoms with Crippen molar-refractivity contribution in [1.29, 1.82) is 0 Å². The second-order valence-corrected chi connectivity index (χ2v) is 5.89. The van der Waals surface area contributed by atoms with Gasteiger partial charge >= 0.3 is 0 Å². The van der Waals surface area contributed by atoms with E-state index in [4.69, 9.17) is 10.3 Å². The summed E-state index contributed by atoms with van der Waals surface area (Å²) in [5.41, 5.74) is 8.03. The molecule has 0 spiro atoms. The number of benzene rings is 1. The van der Waals surface area contributed by atoms with Crippen molar-refractivity contribution >= 4 is 21.7 Å². The van der Waals surface area contributed by atoms with E-state index in [0.717, 1.165) is 34.2 Å². The van der Waals surface area contributed by atoms with Crippen LogP contribution in [0.4, 0.5) is 5.82 Å². The first kappa shape index (κ1) is 15.1. The lowest BCUT2D eigenvalue weighted by molar-refractivity contribution is 0.349. The van der Waals surface area contributed by atoms with Crippen molar-refractivity contribution in [3.63, 3.8) is 0 Å². The Kier molecular flexibility index (Phi) is 5.24. The topological polar surface area (TPSA) is 52.0 Å². The molecule has 0 amide bonds. The highest BCUT2D eigenvalue weighted by Crippen LogP contribution is 2.40. The van der Waals surface area contributed by atoms with Crippen molar-refractivity contribution in [2.45, 2.75) is 45.4 Å². The van der Waals surface area contributed by atoms with Crippen molar-refractivity contribution in [2.75, 3.05) is 5.73 Å². The van der Waals surface area contributed by atoms with Crippen LogP contribution in [0.5, 0.6) is 0 Å². The van der Waals surface area contributed by atoms with Crippen LogP contribution in [-0.2, 0) is 0 Å². The Morgan fingerprint density at radius 3 is 2.70 bits per heavy atom. The van der Waals surface area contributed by atoms with Crippen LogP contribution in [0.1, 0.15) is 51.2 Å². The molecule has 0 saturated carbocycles. The average Bonchev–Trinajstić information content (AvgIpc) is 2.82. The summed E-state index contributed by atoms with van der Waals surface area (Å²) in [7, 11) is 0. The van der Waals surface area contributed by atoms with E-state index in [1.807, 2.05) is 24.3 Å². The SMILES string of the molecule is CCCCC(CC)c1onc(N)c1-c1ccccc1Br. The molecule has 0 radical (unpaired) electrons. The van der Waals surface area contributed by atoms with Gasteiger partial charge in [0.05, 0.1) is 5.56 Å². The second kappa shape index (κ2) is 6.93. The molecule has 4 heteroatoms. The minimum Gasteiger partial charge on any atom is -0.380 e. The quantitative estimate of drug-likeness (QED) is 0.771. The highest BCUT2D eigenvalue weighted by molar-refractivity contribution is 9.10. The Morgan fingerprint density at radius 2 is 2.05 bits per heavy atom. The van der Waals surface area contributed by atoms with Crippen LogP contribution in [-0.4, -0.2) is 5.16 Å². The first-order valence-corrected chi connectivity index (χ1v) is 7.98. The average molecular weight is 337 g/mol. The van der Waals surface area contributed by atoms with E-state index < -0.39 is 0 Å². The summed E-state index contributed by atoms with van der Waals surface area (Å²) >= 11 is 3.58. The van der Waals surface area contributed by atoms with Gasteiger partial charge in [0.25, 0.3) is 0 Å². The van der Waals surface area contributed by atoms with Gasteiger partial charge in [0.2, 0.25) is 0 Å². The largest absolute Gasteiger partial charge is 0.380 e. The van der Waals surface area contributed by atoms with Crippen LogP contribution in [0, 0.1) is 0 Å². The summed E-state index contributed by atoms with van der Waals surface area (Å²) in [6.07, 6.45) is 4.52. The number of nitrogens with zero attached hydrogens (tertiary/aromatic N) is 1. The molecule has 20 heavy (non-hydrogen) atoms. The maximum Gasteiger partial charge on any atom is 0.175 e. The standard InChI is InChI=1S/C16H21BrN2O/c1-3-5-8-11(4-2)15-14(16(18)19-20-15)12-9-6-7-10-13(12)17/h6-7,9-11H,3-5,8H2,1-2H3,(H2,18,19). The lowest BCUT2D eigenvalue weighted by Gasteiger charge is -2.13. The van der Waals surface area contributed by atoms with Gasteiger partial charge in [-0.15, -0.1) is 0 Å². The van der Waals surface area contributed by atoms with Crippen LogP contribution in [0.25, 0.3) is 11.1 Å². The maximum absolute atomic E-state index is 6.04. The molecule has 0 fully saturated rings. The number of unbranched alkanes of at least 4 members (excludes halogenated alkanes) is 1. The van der Waals surface area contributed by atoms with E-state index in [9.17, 15) is 0 Å². The number of hydrogen-bond acceptors (Lipinski definition) is 3. The monoisotopic (exact) mass is 336 g/mol. The normalized spacial score (nSPS) is 12.6. The number of anilines is 1. The van der Waals surface area contributed by atoms with E-state index in [-0.39, 0.29) is 0 Å². The fourth-order valence-corrected chi connectivity index (χ4v) is 2.98. The third-order valence-corrected chi connectivity index (χ3v) is 4.35. The highest BCUT2D eigenvalue weighted by atomic mass is 79.9. The van der Waals surface area contributed by atoms with Gasteiger partial charge in [-0.25, -0.2) is 0 Å². The zero-order valence-electron chi connectivity index (χ0n) is 12.0. The van der Waals surface area contributed by atoms with Gasteiger partial charge in [-0.05, 0) is 18.9 Å². The van der Waals surface area contributed by atoms with Gasteiger partial charge in [-0.1, -0.05) is 66.0 Å². The number of nitrogen functional groups attached to an aromatic ring is 1. The zero-order valence-corrected chi connectivity index (χ0v) is 13.6. The van der Waals surface area contributed by atoms with Crippen molar-refractivity contribution in [3.8, 4) is 11.1 Å². The van der Waals surface area contributed by atoms with Crippen LogP contribution in [0.2, 0.25) is 0 Å². The summed E-state index contributed by atoms with van der Waals surface area (Å²) in [4.78, 5) is 0.